The second-order valence-corrected chi connectivity index (χ2v) is 4.78. The molecule has 0 saturated heterocycles. The minimum atomic E-state index is 0.683. The molecule has 1 aliphatic carbocycles. The largest absolute Gasteiger partial charge is 0.356 e. The van der Waals surface area contributed by atoms with Crippen molar-refractivity contribution in [3.8, 4) is 11.3 Å². The Morgan fingerprint density at radius 1 is 1.29 bits per heavy atom. The van der Waals surface area contributed by atoms with Crippen LogP contribution in [0.15, 0.2) is 35.0 Å². The SMILES string of the molecule is Clc1ccc(-c2oncc2CNC2CC2)cc1. The highest BCUT2D eigenvalue weighted by atomic mass is 35.5. The van der Waals surface area contributed by atoms with Crippen molar-refractivity contribution in [3.63, 3.8) is 0 Å². The van der Waals surface area contributed by atoms with Gasteiger partial charge in [-0.3, -0.25) is 0 Å². The lowest BCUT2D eigenvalue weighted by molar-refractivity contribution is 0.431. The van der Waals surface area contributed by atoms with Crippen LogP contribution in [0.1, 0.15) is 18.4 Å². The molecule has 0 unspecified atom stereocenters. The maximum Gasteiger partial charge on any atom is 0.171 e. The Bertz CT molecular complexity index is 502. The van der Waals surface area contributed by atoms with Gasteiger partial charge in [0, 0.05) is 28.7 Å². The highest BCUT2D eigenvalue weighted by molar-refractivity contribution is 6.30. The van der Waals surface area contributed by atoms with E-state index in [0.717, 1.165) is 28.5 Å². The maximum absolute atomic E-state index is 5.87. The summed E-state index contributed by atoms with van der Waals surface area (Å²) in [7, 11) is 0. The number of nitrogens with one attached hydrogen (secondary N) is 1. The van der Waals surface area contributed by atoms with Crippen molar-refractivity contribution in [2.24, 2.45) is 0 Å². The summed E-state index contributed by atoms with van der Waals surface area (Å²) >= 11 is 5.87. The maximum atomic E-state index is 5.87. The van der Waals surface area contributed by atoms with E-state index in [4.69, 9.17) is 16.1 Å². The van der Waals surface area contributed by atoms with Crippen LogP contribution in [0, 0.1) is 0 Å². The molecular formula is C13H13ClN2O. The summed E-state index contributed by atoms with van der Waals surface area (Å²) in [6, 6.07) is 8.30. The van der Waals surface area contributed by atoms with Crippen LogP contribution in [-0.2, 0) is 6.54 Å². The van der Waals surface area contributed by atoms with Gasteiger partial charge in [-0.15, -0.1) is 0 Å². The predicted octanol–water partition coefficient (Wildman–Crippen LogP) is 3.25. The van der Waals surface area contributed by atoms with E-state index in [1.165, 1.54) is 12.8 Å². The number of hydrogen-bond donors (Lipinski definition) is 1. The summed E-state index contributed by atoms with van der Waals surface area (Å²) in [5, 5.41) is 8.05. The van der Waals surface area contributed by atoms with Crippen LogP contribution in [0.3, 0.4) is 0 Å². The van der Waals surface area contributed by atoms with E-state index in [-0.39, 0.29) is 0 Å². The van der Waals surface area contributed by atoms with Crippen molar-refractivity contribution in [2.45, 2.75) is 25.4 Å². The van der Waals surface area contributed by atoms with Gasteiger partial charge in [0.2, 0.25) is 0 Å². The second-order valence-electron chi connectivity index (χ2n) is 4.34. The summed E-state index contributed by atoms with van der Waals surface area (Å²) < 4.78 is 5.31. The zero-order chi connectivity index (χ0) is 11.7. The van der Waals surface area contributed by atoms with Gasteiger partial charge in [0.15, 0.2) is 5.76 Å². The van der Waals surface area contributed by atoms with Crippen LogP contribution >= 0.6 is 11.6 Å². The summed E-state index contributed by atoms with van der Waals surface area (Å²) in [5.41, 5.74) is 2.11. The molecule has 1 aromatic heterocycles. The first-order valence-electron chi connectivity index (χ1n) is 5.76. The molecule has 0 aliphatic heterocycles. The molecule has 3 nitrogen and oxygen atoms in total. The molecule has 3 rings (SSSR count). The molecule has 0 bridgehead atoms. The number of aromatic nitrogens is 1. The van der Waals surface area contributed by atoms with Crippen molar-refractivity contribution in [3.05, 3.63) is 41.0 Å². The van der Waals surface area contributed by atoms with Gasteiger partial charge in [0.05, 0.1) is 6.20 Å². The Morgan fingerprint density at radius 2 is 2.06 bits per heavy atom. The third-order valence-corrected chi connectivity index (χ3v) is 3.16. The van der Waals surface area contributed by atoms with E-state index in [2.05, 4.69) is 10.5 Å². The van der Waals surface area contributed by atoms with Crippen LogP contribution in [0.5, 0.6) is 0 Å². The molecule has 2 aromatic rings. The third kappa shape index (κ3) is 2.51. The van der Waals surface area contributed by atoms with Gasteiger partial charge < -0.3 is 9.84 Å². The Labute approximate surface area is 105 Å². The van der Waals surface area contributed by atoms with Crippen LogP contribution in [0.25, 0.3) is 11.3 Å². The van der Waals surface area contributed by atoms with Gasteiger partial charge >= 0.3 is 0 Å². The number of hydrogen-bond acceptors (Lipinski definition) is 3. The Kier molecular flexibility index (Phi) is 2.87. The molecule has 0 spiro atoms. The Morgan fingerprint density at radius 3 is 2.76 bits per heavy atom. The number of halogens is 1. The zero-order valence-corrected chi connectivity index (χ0v) is 10.1. The molecule has 4 heteroatoms. The quantitative estimate of drug-likeness (QED) is 0.903. The number of rotatable bonds is 4. The summed E-state index contributed by atoms with van der Waals surface area (Å²) in [6.45, 7) is 0.812. The molecule has 0 radical (unpaired) electrons. The molecular weight excluding hydrogens is 236 g/mol. The van der Waals surface area contributed by atoms with E-state index < -0.39 is 0 Å². The molecule has 0 atom stereocenters. The normalized spacial score (nSPS) is 15.1. The first-order chi connectivity index (χ1) is 8.33. The zero-order valence-electron chi connectivity index (χ0n) is 9.32. The van der Waals surface area contributed by atoms with Crippen LogP contribution in [-0.4, -0.2) is 11.2 Å². The molecule has 1 fully saturated rings. The Hall–Kier alpha value is -1.32. The van der Waals surface area contributed by atoms with Crippen LogP contribution in [0.4, 0.5) is 0 Å². The van der Waals surface area contributed by atoms with Crippen molar-refractivity contribution in [1.82, 2.24) is 10.5 Å². The molecule has 1 aromatic carbocycles. The lowest BCUT2D eigenvalue weighted by atomic mass is 10.1. The fourth-order valence-corrected chi connectivity index (χ4v) is 1.89. The minimum absolute atomic E-state index is 0.683. The third-order valence-electron chi connectivity index (χ3n) is 2.91. The molecule has 0 amide bonds. The highest BCUT2D eigenvalue weighted by Crippen LogP contribution is 2.26. The summed E-state index contributed by atoms with van der Waals surface area (Å²) in [5.74, 6) is 0.829. The average Bonchev–Trinajstić information content (AvgIpc) is 3.06. The van der Waals surface area contributed by atoms with E-state index in [1.54, 1.807) is 6.20 Å². The van der Waals surface area contributed by atoms with Crippen molar-refractivity contribution >= 4 is 11.6 Å². The number of nitrogens with zero attached hydrogens (tertiary/aromatic N) is 1. The number of benzene rings is 1. The first kappa shape index (κ1) is 10.8. The Balaban J connectivity index is 1.81. The lowest BCUT2D eigenvalue weighted by Gasteiger charge is -2.02. The van der Waals surface area contributed by atoms with Gasteiger partial charge in [-0.2, -0.15) is 0 Å². The molecule has 88 valence electrons. The molecule has 1 saturated carbocycles. The van der Waals surface area contributed by atoms with E-state index in [9.17, 15) is 0 Å². The monoisotopic (exact) mass is 248 g/mol. The van der Waals surface area contributed by atoms with Gasteiger partial charge in [-0.05, 0) is 37.1 Å². The predicted molar refractivity (Wildman–Crippen MR) is 66.8 cm³/mol. The van der Waals surface area contributed by atoms with E-state index in [1.807, 2.05) is 24.3 Å². The molecule has 1 heterocycles. The molecule has 17 heavy (non-hydrogen) atoms. The van der Waals surface area contributed by atoms with E-state index in [0.29, 0.717) is 6.04 Å². The van der Waals surface area contributed by atoms with Crippen LogP contribution < -0.4 is 5.32 Å². The first-order valence-corrected chi connectivity index (χ1v) is 6.13. The fourth-order valence-electron chi connectivity index (χ4n) is 1.77. The summed E-state index contributed by atoms with van der Waals surface area (Å²) in [6.07, 6.45) is 4.34. The van der Waals surface area contributed by atoms with Crippen molar-refractivity contribution in [1.29, 1.82) is 0 Å². The summed E-state index contributed by atoms with van der Waals surface area (Å²) in [4.78, 5) is 0. The highest BCUT2D eigenvalue weighted by Gasteiger charge is 2.21. The second kappa shape index (κ2) is 4.51. The van der Waals surface area contributed by atoms with Gasteiger partial charge in [0.1, 0.15) is 0 Å². The average molecular weight is 249 g/mol. The van der Waals surface area contributed by atoms with Gasteiger partial charge in [-0.1, -0.05) is 16.8 Å². The molecule has 1 N–H and O–H groups in total. The van der Waals surface area contributed by atoms with Gasteiger partial charge in [-0.25, -0.2) is 0 Å². The van der Waals surface area contributed by atoms with E-state index >= 15 is 0 Å². The van der Waals surface area contributed by atoms with Crippen molar-refractivity contribution in [2.75, 3.05) is 0 Å². The van der Waals surface area contributed by atoms with Crippen molar-refractivity contribution < 1.29 is 4.52 Å². The standard InChI is InChI=1S/C13H13ClN2O/c14-11-3-1-9(2-4-11)13-10(8-16-17-13)7-15-12-5-6-12/h1-4,8,12,15H,5-7H2. The van der Waals surface area contributed by atoms with Crippen LogP contribution in [0.2, 0.25) is 5.02 Å². The molecule has 1 aliphatic rings. The minimum Gasteiger partial charge on any atom is -0.356 e. The lowest BCUT2D eigenvalue weighted by Crippen LogP contribution is -2.15. The smallest absolute Gasteiger partial charge is 0.171 e. The fraction of sp³-hybridized carbons (Fsp3) is 0.308. The van der Waals surface area contributed by atoms with Gasteiger partial charge in [0.25, 0.3) is 0 Å². The topological polar surface area (TPSA) is 38.1 Å².